The number of hydrogen-bond acceptors (Lipinski definition) is 2. The van der Waals surface area contributed by atoms with Crippen LogP contribution in [0.2, 0.25) is 0 Å². The fraction of sp³-hybridized carbons (Fsp3) is 0.133. The molecule has 0 heterocycles. The Balaban J connectivity index is 2.28. The zero-order valence-corrected chi connectivity index (χ0v) is 10.6. The van der Waals surface area contributed by atoms with Crippen LogP contribution in [0.15, 0.2) is 36.4 Å². The Hall–Kier alpha value is -2.48. The number of hydrogen-bond donors (Lipinski definition) is 1. The summed E-state index contributed by atoms with van der Waals surface area (Å²) in [6.07, 6.45) is 0. The first-order valence-corrected chi connectivity index (χ1v) is 5.92. The first kappa shape index (κ1) is 13.9. The SMILES string of the molecule is CC(Nc1ccc(F)cc1C#N)c1cc(F)cc(F)c1. The Morgan fingerprint density at radius 2 is 1.65 bits per heavy atom. The van der Waals surface area contributed by atoms with E-state index in [-0.39, 0.29) is 5.56 Å². The van der Waals surface area contributed by atoms with Crippen molar-refractivity contribution in [3.63, 3.8) is 0 Å². The van der Waals surface area contributed by atoms with Gasteiger partial charge < -0.3 is 5.32 Å². The van der Waals surface area contributed by atoms with Crippen LogP contribution in [0.1, 0.15) is 24.1 Å². The van der Waals surface area contributed by atoms with Crippen molar-refractivity contribution in [3.05, 3.63) is 65.0 Å². The second kappa shape index (κ2) is 5.66. The van der Waals surface area contributed by atoms with E-state index in [0.29, 0.717) is 11.3 Å². The van der Waals surface area contributed by atoms with Gasteiger partial charge in [0.1, 0.15) is 23.5 Å². The molecule has 2 rings (SSSR count). The molecule has 0 fully saturated rings. The average molecular weight is 276 g/mol. The standard InChI is InChI=1S/C15H11F3N2/c1-9(10-4-13(17)7-14(18)5-10)20-15-3-2-12(16)6-11(15)8-19/h2-7,9,20H,1H3. The summed E-state index contributed by atoms with van der Waals surface area (Å²) in [6, 6.07) is 8.35. The van der Waals surface area contributed by atoms with Gasteiger partial charge in [0.25, 0.3) is 0 Å². The Labute approximate surface area is 114 Å². The molecule has 102 valence electrons. The third-order valence-electron chi connectivity index (χ3n) is 2.86. The van der Waals surface area contributed by atoms with Gasteiger partial charge in [0.05, 0.1) is 11.3 Å². The molecule has 2 aromatic rings. The van der Waals surface area contributed by atoms with Crippen molar-refractivity contribution in [3.8, 4) is 6.07 Å². The molecule has 0 bridgehead atoms. The summed E-state index contributed by atoms with van der Waals surface area (Å²) in [7, 11) is 0. The molecule has 0 amide bonds. The quantitative estimate of drug-likeness (QED) is 0.914. The van der Waals surface area contributed by atoms with Crippen molar-refractivity contribution in [1.82, 2.24) is 0 Å². The van der Waals surface area contributed by atoms with Crippen LogP contribution in [0, 0.1) is 28.8 Å². The lowest BCUT2D eigenvalue weighted by Gasteiger charge is -2.17. The molecular formula is C15H11F3N2. The smallest absolute Gasteiger partial charge is 0.126 e. The predicted octanol–water partition coefficient (Wildman–Crippen LogP) is 4.15. The molecule has 2 nitrogen and oxygen atoms in total. The van der Waals surface area contributed by atoms with E-state index in [9.17, 15) is 13.2 Å². The van der Waals surface area contributed by atoms with E-state index in [1.165, 1.54) is 24.3 Å². The van der Waals surface area contributed by atoms with Gasteiger partial charge in [0.15, 0.2) is 0 Å². The van der Waals surface area contributed by atoms with Crippen molar-refractivity contribution in [1.29, 1.82) is 5.26 Å². The molecular weight excluding hydrogens is 265 g/mol. The number of nitriles is 1. The van der Waals surface area contributed by atoms with Gasteiger partial charge in [-0.25, -0.2) is 13.2 Å². The summed E-state index contributed by atoms with van der Waals surface area (Å²) in [4.78, 5) is 0. The molecule has 1 N–H and O–H groups in total. The fourth-order valence-electron chi connectivity index (χ4n) is 1.88. The van der Waals surface area contributed by atoms with E-state index in [2.05, 4.69) is 5.32 Å². The molecule has 0 radical (unpaired) electrons. The highest BCUT2D eigenvalue weighted by atomic mass is 19.1. The molecule has 0 aliphatic rings. The van der Waals surface area contributed by atoms with Crippen LogP contribution >= 0.6 is 0 Å². The monoisotopic (exact) mass is 276 g/mol. The van der Waals surface area contributed by atoms with Crippen LogP contribution in [0.5, 0.6) is 0 Å². The summed E-state index contributed by atoms with van der Waals surface area (Å²) >= 11 is 0. The molecule has 1 atom stereocenters. The van der Waals surface area contributed by atoms with Gasteiger partial charge in [-0.1, -0.05) is 0 Å². The highest BCUT2D eigenvalue weighted by Gasteiger charge is 2.11. The minimum absolute atomic E-state index is 0.133. The zero-order valence-electron chi connectivity index (χ0n) is 10.6. The topological polar surface area (TPSA) is 35.8 Å². The number of rotatable bonds is 3. The molecule has 0 aliphatic carbocycles. The first-order valence-electron chi connectivity index (χ1n) is 5.92. The van der Waals surface area contributed by atoms with Crippen LogP contribution in [0.25, 0.3) is 0 Å². The first-order chi connectivity index (χ1) is 9.49. The second-order valence-corrected chi connectivity index (χ2v) is 4.37. The Kier molecular flexibility index (Phi) is 3.94. The molecule has 0 aliphatic heterocycles. The molecule has 0 saturated carbocycles. The van der Waals surface area contributed by atoms with E-state index in [4.69, 9.17) is 5.26 Å². The maximum atomic E-state index is 13.2. The Morgan fingerprint density at radius 3 is 2.25 bits per heavy atom. The fourth-order valence-corrected chi connectivity index (χ4v) is 1.88. The number of halogens is 3. The summed E-state index contributed by atoms with van der Waals surface area (Å²) in [6.45, 7) is 1.69. The van der Waals surface area contributed by atoms with E-state index in [0.717, 1.165) is 12.1 Å². The highest BCUT2D eigenvalue weighted by Crippen LogP contribution is 2.24. The third kappa shape index (κ3) is 3.09. The lowest BCUT2D eigenvalue weighted by molar-refractivity contribution is 0.577. The van der Waals surface area contributed by atoms with Gasteiger partial charge in [-0.15, -0.1) is 0 Å². The van der Waals surface area contributed by atoms with Crippen molar-refractivity contribution in [2.45, 2.75) is 13.0 Å². The van der Waals surface area contributed by atoms with Crippen molar-refractivity contribution in [2.24, 2.45) is 0 Å². The van der Waals surface area contributed by atoms with E-state index < -0.39 is 23.5 Å². The van der Waals surface area contributed by atoms with Gasteiger partial charge in [0, 0.05) is 12.1 Å². The number of anilines is 1. The van der Waals surface area contributed by atoms with E-state index >= 15 is 0 Å². The Bertz CT molecular complexity index is 657. The minimum atomic E-state index is -0.673. The third-order valence-corrected chi connectivity index (χ3v) is 2.86. The number of nitrogens with zero attached hydrogens (tertiary/aromatic N) is 1. The number of nitrogens with one attached hydrogen (secondary N) is 1. The summed E-state index contributed by atoms with van der Waals surface area (Å²) in [5.74, 6) is -1.86. The molecule has 0 saturated heterocycles. The van der Waals surface area contributed by atoms with E-state index in [1.54, 1.807) is 6.92 Å². The molecule has 5 heteroatoms. The predicted molar refractivity (Wildman–Crippen MR) is 69.5 cm³/mol. The van der Waals surface area contributed by atoms with Crippen LogP contribution in [-0.4, -0.2) is 0 Å². The summed E-state index contributed by atoms with van der Waals surface area (Å²) < 4.78 is 39.3. The second-order valence-electron chi connectivity index (χ2n) is 4.37. The summed E-state index contributed by atoms with van der Waals surface area (Å²) in [5.41, 5.74) is 0.940. The lowest BCUT2D eigenvalue weighted by atomic mass is 10.1. The van der Waals surface area contributed by atoms with Crippen molar-refractivity contribution < 1.29 is 13.2 Å². The van der Waals surface area contributed by atoms with Gasteiger partial charge in [-0.3, -0.25) is 0 Å². The van der Waals surface area contributed by atoms with Gasteiger partial charge >= 0.3 is 0 Å². The maximum absolute atomic E-state index is 13.2. The Morgan fingerprint density at radius 1 is 1.00 bits per heavy atom. The molecule has 20 heavy (non-hydrogen) atoms. The van der Waals surface area contributed by atoms with Crippen molar-refractivity contribution in [2.75, 3.05) is 5.32 Å². The minimum Gasteiger partial charge on any atom is -0.377 e. The molecule has 2 aromatic carbocycles. The van der Waals surface area contributed by atoms with Crippen LogP contribution in [-0.2, 0) is 0 Å². The van der Waals surface area contributed by atoms with Crippen molar-refractivity contribution >= 4 is 5.69 Å². The lowest BCUT2D eigenvalue weighted by Crippen LogP contribution is -2.08. The van der Waals surface area contributed by atoms with Crippen LogP contribution < -0.4 is 5.32 Å². The molecule has 0 aromatic heterocycles. The zero-order chi connectivity index (χ0) is 14.7. The van der Waals surface area contributed by atoms with Gasteiger partial charge in [-0.2, -0.15) is 5.26 Å². The number of benzene rings is 2. The van der Waals surface area contributed by atoms with Crippen LogP contribution in [0.4, 0.5) is 18.9 Å². The van der Waals surface area contributed by atoms with Crippen LogP contribution in [0.3, 0.4) is 0 Å². The van der Waals surface area contributed by atoms with E-state index in [1.807, 2.05) is 6.07 Å². The maximum Gasteiger partial charge on any atom is 0.126 e. The molecule has 1 unspecified atom stereocenters. The summed E-state index contributed by atoms with van der Waals surface area (Å²) in [5, 5.41) is 11.9. The molecule has 0 spiro atoms. The van der Waals surface area contributed by atoms with Gasteiger partial charge in [-0.05, 0) is 42.8 Å². The normalized spacial score (nSPS) is 11.8. The largest absolute Gasteiger partial charge is 0.377 e. The average Bonchev–Trinajstić information content (AvgIpc) is 2.39. The highest BCUT2D eigenvalue weighted by molar-refractivity contribution is 5.58. The van der Waals surface area contributed by atoms with Gasteiger partial charge in [0.2, 0.25) is 0 Å².